The van der Waals surface area contributed by atoms with Crippen LogP contribution < -0.4 is 10.2 Å². The van der Waals surface area contributed by atoms with Gasteiger partial charge in [0.1, 0.15) is 0 Å². The minimum absolute atomic E-state index is 0.630. The lowest BCUT2D eigenvalue weighted by atomic mass is 10.1. The summed E-state index contributed by atoms with van der Waals surface area (Å²) in [7, 11) is 0. The number of hydrogen-bond donors (Lipinski definition) is 1. The first-order chi connectivity index (χ1) is 8.70. The van der Waals surface area contributed by atoms with Crippen LogP contribution in [0.2, 0.25) is 0 Å². The molecular weight excluding hydrogens is 288 g/mol. The second-order valence-corrected chi connectivity index (χ2v) is 6.05. The summed E-state index contributed by atoms with van der Waals surface area (Å²) in [5.41, 5.74) is 2.68. The maximum absolute atomic E-state index is 3.69. The number of hydrogen-bond acceptors (Lipinski definition) is 2. The molecule has 2 rings (SSSR count). The van der Waals surface area contributed by atoms with Crippen molar-refractivity contribution in [2.45, 2.75) is 39.2 Å². The number of nitrogens with one attached hydrogen (secondary N) is 1. The second kappa shape index (κ2) is 6.58. The highest BCUT2D eigenvalue weighted by molar-refractivity contribution is 9.10. The van der Waals surface area contributed by atoms with E-state index in [2.05, 4.69) is 58.2 Å². The highest BCUT2D eigenvalue weighted by Crippen LogP contribution is 2.28. The van der Waals surface area contributed by atoms with E-state index in [1.807, 2.05) is 0 Å². The van der Waals surface area contributed by atoms with Gasteiger partial charge in [-0.15, -0.1) is 0 Å². The van der Waals surface area contributed by atoms with Crippen molar-refractivity contribution in [1.82, 2.24) is 5.32 Å². The Morgan fingerprint density at radius 2 is 2.28 bits per heavy atom. The molecule has 1 aliphatic rings. The topological polar surface area (TPSA) is 15.3 Å². The molecule has 1 unspecified atom stereocenters. The van der Waals surface area contributed by atoms with Crippen molar-refractivity contribution in [2.75, 3.05) is 24.5 Å². The Labute approximate surface area is 119 Å². The van der Waals surface area contributed by atoms with E-state index in [4.69, 9.17) is 0 Å². The second-order valence-electron chi connectivity index (χ2n) is 5.19. The molecule has 0 aliphatic carbocycles. The zero-order chi connectivity index (χ0) is 13.0. The summed E-state index contributed by atoms with van der Waals surface area (Å²) in [5.74, 6) is 0. The number of halogens is 1. The Morgan fingerprint density at radius 1 is 1.44 bits per heavy atom. The highest BCUT2D eigenvalue weighted by Gasteiger charge is 2.18. The molecule has 1 fully saturated rings. The zero-order valence-corrected chi connectivity index (χ0v) is 13.0. The minimum atomic E-state index is 0.630. The van der Waals surface area contributed by atoms with E-state index in [1.165, 1.54) is 35.0 Å². The molecule has 0 aromatic heterocycles. The molecule has 1 aliphatic heterocycles. The third kappa shape index (κ3) is 3.48. The van der Waals surface area contributed by atoms with Crippen molar-refractivity contribution in [1.29, 1.82) is 0 Å². The van der Waals surface area contributed by atoms with Crippen LogP contribution in [0.25, 0.3) is 0 Å². The molecule has 3 heteroatoms. The van der Waals surface area contributed by atoms with Gasteiger partial charge >= 0.3 is 0 Å². The maximum Gasteiger partial charge on any atom is 0.0513 e. The van der Waals surface area contributed by atoms with E-state index >= 15 is 0 Å². The SMILES string of the molecule is CCCC1CN(c2cc(C)ccc2Br)CCCN1. The molecule has 1 aromatic rings. The molecule has 1 atom stereocenters. The third-order valence-electron chi connectivity index (χ3n) is 3.56. The van der Waals surface area contributed by atoms with E-state index in [0.717, 1.165) is 19.6 Å². The Morgan fingerprint density at radius 3 is 3.06 bits per heavy atom. The lowest BCUT2D eigenvalue weighted by molar-refractivity contribution is 0.502. The van der Waals surface area contributed by atoms with Crippen LogP contribution in [0.3, 0.4) is 0 Å². The van der Waals surface area contributed by atoms with Crippen molar-refractivity contribution in [3.05, 3.63) is 28.2 Å². The van der Waals surface area contributed by atoms with Gasteiger partial charge in [0.2, 0.25) is 0 Å². The van der Waals surface area contributed by atoms with Gasteiger partial charge < -0.3 is 10.2 Å². The molecule has 0 saturated carbocycles. The van der Waals surface area contributed by atoms with Crippen molar-refractivity contribution in [3.8, 4) is 0 Å². The van der Waals surface area contributed by atoms with Crippen LogP contribution in [0.4, 0.5) is 5.69 Å². The van der Waals surface area contributed by atoms with Crippen LogP contribution in [0.15, 0.2) is 22.7 Å². The average molecular weight is 311 g/mol. The fourth-order valence-electron chi connectivity index (χ4n) is 2.62. The van der Waals surface area contributed by atoms with E-state index in [-0.39, 0.29) is 0 Å². The van der Waals surface area contributed by atoms with Crippen LogP contribution in [0.1, 0.15) is 31.7 Å². The molecule has 0 radical (unpaired) electrons. The third-order valence-corrected chi connectivity index (χ3v) is 4.23. The van der Waals surface area contributed by atoms with Crippen LogP contribution in [-0.4, -0.2) is 25.7 Å². The molecule has 1 heterocycles. The summed E-state index contributed by atoms with van der Waals surface area (Å²) in [5, 5.41) is 3.66. The van der Waals surface area contributed by atoms with Gasteiger partial charge in [-0.25, -0.2) is 0 Å². The normalized spacial score (nSPS) is 20.8. The smallest absolute Gasteiger partial charge is 0.0513 e. The Bertz CT molecular complexity index is 392. The summed E-state index contributed by atoms with van der Waals surface area (Å²) >= 11 is 3.69. The minimum Gasteiger partial charge on any atom is -0.369 e. The number of rotatable bonds is 3. The van der Waals surface area contributed by atoms with Gasteiger partial charge in [0.05, 0.1) is 5.69 Å². The lowest BCUT2D eigenvalue weighted by Crippen LogP contribution is -2.37. The molecular formula is C15H23BrN2. The fraction of sp³-hybridized carbons (Fsp3) is 0.600. The van der Waals surface area contributed by atoms with Gasteiger partial charge in [0, 0.05) is 23.6 Å². The summed E-state index contributed by atoms with van der Waals surface area (Å²) in [6.45, 7) is 7.84. The fourth-order valence-corrected chi connectivity index (χ4v) is 3.12. The van der Waals surface area contributed by atoms with Crippen molar-refractivity contribution >= 4 is 21.6 Å². The average Bonchev–Trinajstić information content (AvgIpc) is 2.58. The van der Waals surface area contributed by atoms with Crippen LogP contribution >= 0.6 is 15.9 Å². The molecule has 0 bridgehead atoms. The summed E-state index contributed by atoms with van der Waals surface area (Å²) in [6.07, 6.45) is 3.74. The highest BCUT2D eigenvalue weighted by atomic mass is 79.9. The largest absolute Gasteiger partial charge is 0.369 e. The molecule has 18 heavy (non-hydrogen) atoms. The monoisotopic (exact) mass is 310 g/mol. The molecule has 2 nitrogen and oxygen atoms in total. The number of benzene rings is 1. The molecule has 1 aromatic carbocycles. The van der Waals surface area contributed by atoms with Gasteiger partial charge in [-0.05, 0) is 59.9 Å². The molecule has 1 saturated heterocycles. The zero-order valence-electron chi connectivity index (χ0n) is 11.4. The predicted molar refractivity (Wildman–Crippen MR) is 82.4 cm³/mol. The standard InChI is InChI=1S/C15H23BrN2/c1-3-5-13-11-18(9-4-8-17-13)15-10-12(2)6-7-14(15)16/h6-7,10,13,17H,3-5,8-9,11H2,1-2H3. The van der Waals surface area contributed by atoms with Gasteiger partial charge in [-0.2, -0.15) is 0 Å². The lowest BCUT2D eigenvalue weighted by Gasteiger charge is -2.27. The first-order valence-electron chi connectivity index (χ1n) is 6.95. The van der Waals surface area contributed by atoms with Gasteiger partial charge in [-0.3, -0.25) is 0 Å². The first-order valence-corrected chi connectivity index (χ1v) is 7.74. The van der Waals surface area contributed by atoms with Gasteiger partial charge in [0.25, 0.3) is 0 Å². The summed E-state index contributed by atoms with van der Waals surface area (Å²) < 4.78 is 1.21. The Kier molecular flexibility index (Phi) is 5.07. The molecule has 0 spiro atoms. The Balaban J connectivity index is 2.16. The number of nitrogens with zero attached hydrogens (tertiary/aromatic N) is 1. The first kappa shape index (κ1) is 13.9. The number of anilines is 1. The molecule has 1 N–H and O–H groups in total. The van der Waals surface area contributed by atoms with E-state index in [9.17, 15) is 0 Å². The van der Waals surface area contributed by atoms with Crippen molar-refractivity contribution in [3.63, 3.8) is 0 Å². The quantitative estimate of drug-likeness (QED) is 0.915. The van der Waals surface area contributed by atoms with Gasteiger partial charge in [-0.1, -0.05) is 19.4 Å². The maximum atomic E-state index is 3.69. The van der Waals surface area contributed by atoms with Crippen molar-refractivity contribution in [2.24, 2.45) is 0 Å². The molecule has 0 amide bonds. The number of aryl methyl sites for hydroxylation is 1. The predicted octanol–water partition coefficient (Wildman–Crippen LogP) is 3.73. The van der Waals surface area contributed by atoms with Crippen LogP contribution in [-0.2, 0) is 0 Å². The van der Waals surface area contributed by atoms with Crippen molar-refractivity contribution < 1.29 is 0 Å². The van der Waals surface area contributed by atoms with E-state index in [1.54, 1.807) is 0 Å². The van der Waals surface area contributed by atoms with E-state index in [0.29, 0.717) is 6.04 Å². The Hall–Kier alpha value is -0.540. The summed E-state index contributed by atoms with van der Waals surface area (Å²) in [4.78, 5) is 2.53. The van der Waals surface area contributed by atoms with Crippen LogP contribution in [0, 0.1) is 6.92 Å². The summed E-state index contributed by atoms with van der Waals surface area (Å²) in [6, 6.07) is 7.24. The van der Waals surface area contributed by atoms with Gasteiger partial charge in [0.15, 0.2) is 0 Å². The van der Waals surface area contributed by atoms with E-state index < -0.39 is 0 Å². The van der Waals surface area contributed by atoms with Crippen LogP contribution in [0.5, 0.6) is 0 Å². The molecule has 100 valence electrons.